The van der Waals surface area contributed by atoms with Crippen molar-refractivity contribution in [3.8, 4) is 6.07 Å². The van der Waals surface area contributed by atoms with Crippen molar-refractivity contribution in [2.24, 2.45) is 0 Å². The van der Waals surface area contributed by atoms with Crippen molar-refractivity contribution in [2.45, 2.75) is 45.6 Å². The summed E-state index contributed by atoms with van der Waals surface area (Å²) in [6.45, 7) is 8.81. The van der Waals surface area contributed by atoms with Gasteiger partial charge in [0.15, 0.2) is 0 Å². The molecule has 0 aromatic heterocycles. The second-order valence-corrected chi connectivity index (χ2v) is 4.82. The third-order valence-electron chi connectivity index (χ3n) is 2.14. The van der Waals surface area contributed by atoms with E-state index in [0.29, 0.717) is 13.0 Å². The van der Waals surface area contributed by atoms with Gasteiger partial charge < -0.3 is 4.74 Å². The fourth-order valence-electron chi connectivity index (χ4n) is 1.36. The van der Waals surface area contributed by atoms with Crippen LogP contribution >= 0.6 is 0 Å². The van der Waals surface area contributed by atoms with E-state index in [2.05, 4.69) is 15.7 Å². The summed E-state index contributed by atoms with van der Waals surface area (Å²) in [5.41, 5.74) is -0.318. The maximum absolute atomic E-state index is 9.60. The molecule has 0 aromatic carbocycles. The largest absolute Gasteiger partial charge is 0.462 e. The van der Waals surface area contributed by atoms with Crippen molar-refractivity contribution >= 4 is 6.47 Å². The highest BCUT2D eigenvalue weighted by molar-refractivity contribution is 5.37. The normalized spacial score (nSPS) is 16.6. The van der Waals surface area contributed by atoms with Gasteiger partial charge in [-0.1, -0.05) is 6.42 Å². The summed E-state index contributed by atoms with van der Waals surface area (Å²) in [5, 5.41) is 8.33. The number of nitriles is 1. The molecule has 1 saturated heterocycles. The molecule has 0 amide bonds. The molecule has 92 valence electrons. The van der Waals surface area contributed by atoms with Crippen LogP contribution in [-0.4, -0.2) is 36.6 Å². The zero-order chi connectivity index (χ0) is 12.4. The van der Waals surface area contributed by atoms with E-state index in [-0.39, 0.29) is 5.60 Å². The highest BCUT2D eigenvalue weighted by atomic mass is 16.5. The molecule has 4 nitrogen and oxygen atoms in total. The summed E-state index contributed by atoms with van der Waals surface area (Å²) in [6, 6.07) is 2.16. The Kier molecular flexibility index (Phi) is 7.57. The summed E-state index contributed by atoms with van der Waals surface area (Å²) in [6.07, 6.45) is 3.91. The van der Waals surface area contributed by atoms with Gasteiger partial charge in [0, 0.05) is 0 Å². The third kappa shape index (κ3) is 9.47. The minimum absolute atomic E-state index is 0.318. The molecule has 1 heterocycles. The van der Waals surface area contributed by atoms with Crippen molar-refractivity contribution in [2.75, 3.05) is 19.6 Å². The first-order chi connectivity index (χ1) is 7.49. The van der Waals surface area contributed by atoms with Gasteiger partial charge in [0.05, 0.1) is 12.6 Å². The SMILES string of the molecule is CC(C)(C)OC=O.N#CCN1CCCCC1. The Morgan fingerprint density at radius 1 is 1.31 bits per heavy atom. The monoisotopic (exact) mass is 226 g/mol. The molecule has 0 spiro atoms. The van der Waals surface area contributed by atoms with E-state index in [1.54, 1.807) is 0 Å². The summed E-state index contributed by atoms with van der Waals surface area (Å²) in [5.74, 6) is 0. The maximum atomic E-state index is 9.60. The van der Waals surface area contributed by atoms with Gasteiger partial charge in [-0.05, 0) is 46.7 Å². The first-order valence-corrected chi connectivity index (χ1v) is 5.70. The van der Waals surface area contributed by atoms with Crippen LogP contribution in [0.5, 0.6) is 0 Å². The molecule has 1 aliphatic rings. The van der Waals surface area contributed by atoms with Gasteiger partial charge in [0.1, 0.15) is 5.60 Å². The van der Waals surface area contributed by atoms with Crippen LogP contribution < -0.4 is 0 Å². The van der Waals surface area contributed by atoms with Crippen molar-refractivity contribution in [3.05, 3.63) is 0 Å². The molecule has 1 aliphatic heterocycles. The zero-order valence-corrected chi connectivity index (χ0v) is 10.5. The predicted molar refractivity (Wildman–Crippen MR) is 62.8 cm³/mol. The van der Waals surface area contributed by atoms with Gasteiger partial charge in [-0.3, -0.25) is 9.69 Å². The average Bonchev–Trinajstić information content (AvgIpc) is 2.19. The maximum Gasteiger partial charge on any atom is 0.293 e. The molecule has 1 fully saturated rings. The lowest BCUT2D eigenvalue weighted by Gasteiger charge is -2.22. The predicted octanol–water partition coefficient (Wildman–Crippen LogP) is 1.95. The topological polar surface area (TPSA) is 53.3 Å². The van der Waals surface area contributed by atoms with Crippen molar-refractivity contribution in [1.82, 2.24) is 4.90 Å². The molecule has 4 heteroatoms. The number of hydrogen-bond acceptors (Lipinski definition) is 4. The third-order valence-corrected chi connectivity index (χ3v) is 2.14. The van der Waals surface area contributed by atoms with Gasteiger partial charge in [0.2, 0.25) is 0 Å². The van der Waals surface area contributed by atoms with Crippen molar-refractivity contribution in [1.29, 1.82) is 5.26 Å². The summed E-state index contributed by atoms with van der Waals surface area (Å²) >= 11 is 0. The Morgan fingerprint density at radius 3 is 2.19 bits per heavy atom. The Balaban J connectivity index is 0.000000293. The molecule has 0 saturated carbocycles. The van der Waals surface area contributed by atoms with Gasteiger partial charge >= 0.3 is 0 Å². The van der Waals surface area contributed by atoms with E-state index in [9.17, 15) is 4.79 Å². The van der Waals surface area contributed by atoms with E-state index in [1.807, 2.05) is 20.8 Å². The quantitative estimate of drug-likeness (QED) is 0.533. The lowest BCUT2D eigenvalue weighted by atomic mass is 10.1. The van der Waals surface area contributed by atoms with Crippen LogP contribution in [0.2, 0.25) is 0 Å². The van der Waals surface area contributed by atoms with E-state index in [4.69, 9.17) is 5.26 Å². The minimum atomic E-state index is -0.318. The van der Waals surface area contributed by atoms with E-state index < -0.39 is 0 Å². The molecule has 0 unspecified atom stereocenters. The van der Waals surface area contributed by atoms with Crippen LogP contribution in [0, 0.1) is 11.3 Å². The number of piperidine rings is 1. The lowest BCUT2D eigenvalue weighted by Crippen LogP contribution is -2.29. The van der Waals surface area contributed by atoms with Gasteiger partial charge in [-0.2, -0.15) is 5.26 Å². The fraction of sp³-hybridized carbons (Fsp3) is 0.833. The number of likely N-dealkylation sites (tertiary alicyclic amines) is 1. The first-order valence-electron chi connectivity index (χ1n) is 5.70. The summed E-state index contributed by atoms with van der Waals surface area (Å²) in [7, 11) is 0. The number of carbonyl (C=O) groups excluding carboxylic acids is 1. The van der Waals surface area contributed by atoms with Gasteiger partial charge in [-0.15, -0.1) is 0 Å². The van der Waals surface area contributed by atoms with E-state index in [0.717, 1.165) is 13.1 Å². The Labute approximate surface area is 98.2 Å². The lowest BCUT2D eigenvalue weighted by molar-refractivity contribution is -0.138. The van der Waals surface area contributed by atoms with Crippen molar-refractivity contribution in [3.63, 3.8) is 0 Å². The first kappa shape index (κ1) is 14.9. The van der Waals surface area contributed by atoms with E-state index in [1.165, 1.54) is 19.3 Å². The Hall–Kier alpha value is -1.08. The number of carbonyl (C=O) groups is 1. The number of ether oxygens (including phenoxy) is 1. The van der Waals surface area contributed by atoms with Crippen LogP contribution in [0.25, 0.3) is 0 Å². The van der Waals surface area contributed by atoms with Crippen LogP contribution in [0.1, 0.15) is 40.0 Å². The second kappa shape index (κ2) is 8.12. The van der Waals surface area contributed by atoms with Crippen LogP contribution in [0.3, 0.4) is 0 Å². The summed E-state index contributed by atoms with van der Waals surface area (Å²) in [4.78, 5) is 11.8. The molecule has 1 rings (SSSR count). The molecule has 0 bridgehead atoms. The molecule has 0 aliphatic carbocycles. The van der Waals surface area contributed by atoms with Crippen LogP contribution in [-0.2, 0) is 9.53 Å². The van der Waals surface area contributed by atoms with Crippen LogP contribution in [0.15, 0.2) is 0 Å². The molecular formula is C12H22N2O2. The minimum Gasteiger partial charge on any atom is -0.462 e. The number of nitrogens with zero attached hydrogens (tertiary/aromatic N) is 2. The van der Waals surface area contributed by atoms with Gasteiger partial charge in [0.25, 0.3) is 6.47 Å². The fourth-order valence-corrected chi connectivity index (χ4v) is 1.36. The molecule has 0 aromatic rings. The Bertz CT molecular complexity index is 222. The molecule has 16 heavy (non-hydrogen) atoms. The van der Waals surface area contributed by atoms with E-state index >= 15 is 0 Å². The number of hydrogen-bond donors (Lipinski definition) is 0. The highest BCUT2D eigenvalue weighted by Crippen LogP contribution is 2.06. The van der Waals surface area contributed by atoms with Crippen LogP contribution in [0.4, 0.5) is 0 Å². The Morgan fingerprint density at radius 2 is 1.88 bits per heavy atom. The zero-order valence-electron chi connectivity index (χ0n) is 10.5. The molecule has 0 radical (unpaired) electrons. The second-order valence-electron chi connectivity index (χ2n) is 4.82. The van der Waals surface area contributed by atoms with Crippen molar-refractivity contribution < 1.29 is 9.53 Å². The number of rotatable bonds is 2. The molecule has 0 atom stereocenters. The highest BCUT2D eigenvalue weighted by Gasteiger charge is 2.08. The molecular weight excluding hydrogens is 204 g/mol. The summed E-state index contributed by atoms with van der Waals surface area (Å²) < 4.78 is 4.55. The van der Waals surface area contributed by atoms with Gasteiger partial charge in [-0.25, -0.2) is 0 Å². The molecule has 0 N–H and O–H groups in total. The average molecular weight is 226 g/mol. The standard InChI is InChI=1S/C7H12N2.C5H10O2/c8-4-7-9-5-2-1-3-6-9;1-5(2,3)7-4-6/h1-3,5-7H2;4H,1-3H3. The smallest absolute Gasteiger partial charge is 0.293 e.